The standard InChI is InChI=1S/C11H19N5O/c1-16(7-3-2-4-8-17)11-9(10(12)13)14-5-6-15-11/h5-6,17H,2-4,7-8H2,1H3,(H3,12,13). The van der Waals surface area contributed by atoms with E-state index in [9.17, 15) is 0 Å². The zero-order valence-electron chi connectivity index (χ0n) is 10.1. The Kier molecular flexibility index (Phi) is 5.35. The molecule has 6 heteroatoms. The summed E-state index contributed by atoms with van der Waals surface area (Å²) in [4.78, 5) is 10.2. The first-order valence-corrected chi connectivity index (χ1v) is 5.64. The van der Waals surface area contributed by atoms with Gasteiger partial charge in [-0.1, -0.05) is 0 Å². The van der Waals surface area contributed by atoms with Gasteiger partial charge in [0, 0.05) is 32.6 Å². The molecule has 17 heavy (non-hydrogen) atoms. The quantitative estimate of drug-likeness (QED) is 0.361. The van der Waals surface area contributed by atoms with Crippen LogP contribution in [-0.4, -0.2) is 41.1 Å². The van der Waals surface area contributed by atoms with E-state index in [1.165, 1.54) is 6.20 Å². The van der Waals surface area contributed by atoms with Crippen LogP contribution >= 0.6 is 0 Å². The van der Waals surface area contributed by atoms with Gasteiger partial charge in [-0.15, -0.1) is 0 Å². The van der Waals surface area contributed by atoms with Gasteiger partial charge in [0.05, 0.1) is 0 Å². The van der Waals surface area contributed by atoms with E-state index in [2.05, 4.69) is 9.97 Å². The molecule has 4 N–H and O–H groups in total. The minimum Gasteiger partial charge on any atom is -0.396 e. The third-order valence-electron chi connectivity index (χ3n) is 2.45. The van der Waals surface area contributed by atoms with Crippen LogP contribution in [0.15, 0.2) is 12.4 Å². The highest BCUT2D eigenvalue weighted by Gasteiger charge is 2.11. The van der Waals surface area contributed by atoms with Crippen LogP contribution in [0.1, 0.15) is 25.0 Å². The fourth-order valence-corrected chi connectivity index (χ4v) is 1.54. The molecule has 0 aliphatic carbocycles. The van der Waals surface area contributed by atoms with Gasteiger partial charge in [-0.3, -0.25) is 5.41 Å². The van der Waals surface area contributed by atoms with Crippen molar-refractivity contribution in [1.82, 2.24) is 9.97 Å². The second-order valence-corrected chi connectivity index (χ2v) is 3.85. The Bertz CT molecular complexity index is 369. The molecular weight excluding hydrogens is 218 g/mol. The summed E-state index contributed by atoms with van der Waals surface area (Å²) in [7, 11) is 1.90. The van der Waals surface area contributed by atoms with E-state index in [0.29, 0.717) is 11.5 Å². The number of anilines is 1. The molecule has 1 heterocycles. The lowest BCUT2D eigenvalue weighted by atomic mass is 10.2. The summed E-state index contributed by atoms with van der Waals surface area (Å²) in [5.41, 5.74) is 5.86. The van der Waals surface area contributed by atoms with E-state index in [4.69, 9.17) is 16.2 Å². The van der Waals surface area contributed by atoms with Crippen molar-refractivity contribution in [2.75, 3.05) is 25.1 Å². The van der Waals surface area contributed by atoms with Gasteiger partial charge in [0.15, 0.2) is 5.82 Å². The highest BCUT2D eigenvalue weighted by molar-refractivity contribution is 5.97. The zero-order valence-corrected chi connectivity index (χ0v) is 10.1. The number of nitrogen functional groups attached to an aromatic ring is 1. The Balaban J connectivity index is 2.62. The number of hydrogen-bond donors (Lipinski definition) is 3. The topological polar surface area (TPSA) is 99.1 Å². The van der Waals surface area contributed by atoms with Gasteiger partial charge in [0.2, 0.25) is 0 Å². The Morgan fingerprint density at radius 2 is 2.06 bits per heavy atom. The first kappa shape index (κ1) is 13.4. The molecule has 0 bridgehead atoms. The molecule has 1 aromatic heterocycles. The molecule has 0 fully saturated rings. The number of rotatable bonds is 7. The number of nitrogens with one attached hydrogen (secondary N) is 1. The van der Waals surface area contributed by atoms with Gasteiger partial charge in [-0.2, -0.15) is 0 Å². The lowest BCUT2D eigenvalue weighted by Gasteiger charge is -2.19. The lowest BCUT2D eigenvalue weighted by Crippen LogP contribution is -2.25. The van der Waals surface area contributed by atoms with E-state index >= 15 is 0 Å². The number of aromatic nitrogens is 2. The number of amidine groups is 1. The van der Waals surface area contributed by atoms with Crippen LogP contribution in [0, 0.1) is 5.41 Å². The molecule has 0 amide bonds. The minimum absolute atomic E-state index is 0.0738. The predicted molar refractivity (Wildman–Crippen MR) is 67.3 cm³/mol. The van der Waals surface area contributed by atoms with Crippen LogP contribution in [0.5, 0.6) is 0 Å². The smallest absolute Gasteiger partial charge is 0.158 e. The second-order valence-electron chi connectivity index (χ2n) is 3.85. The SMILES string of the molecule is CN(CCCCCO)c1nccnc1C(=N)N. The number of aliphatic hydroxyl groups excluding tert-OH is 1. The van der Waals surface area contributed by atoms with Crippen molar-refractivity contribution in [3.63, 3.8) is 0 Å². The molecule has 0 saturated heterocycles. The summed E-state index contributed by atoms with van der Waals surface area (Å²) < 4.78 is 0. The average Bonchev–Trinajstić information content (AvgIpc) is 2.34. The third-order valence-corrected chi connectivity index (χ3v) is 2.45. The number of nitrogens with two attached hydrogens (primary N) is 1. The number of aliphatic hydroxyl groups is 1. The van der Waals surface area contributed by atoms with Gasteiger partial charge in [-0.25, -0.2) is 9.97 Å². The lowest BCUT2D eigenvalue weighted by molar-refractivity contribution is 0.283. The molecule has 0 radical (unpaired) electrons. The van der Waals surface area contributed by atoms with Crippen LogP contribution in [0.2, 0.25) is 0 Å². The van der Waals surface area contributed by atoms with Crippen molar-refractivity contribution < 1.29 is 5.11 Å². The van der Waals surface area contributed by atoms with Crippen molar-refractivity contribution in [1.29, 1.82) is 5.41 Å². The van der Waals surface area contributed by atoms with Crippen LogP contribution in [0.25, 0.3) is 0 Å². The summed E-state index contributed by atoms with van der Waals surface area (Å²) in [5, 5.41) is 16.1. The number of nitrogens with zero attached hydrogens (tertiary/aromatic N) is 3. The van der Waals surface area contributed by atoms with Crippen LogP contribution < -0.4 is 10.6 Å². The average molecular weight is 237 g/mol. The maximum Gasteiger partial charge on any atom is 0.158 e. The van der Waals surface area contributed by atoms with Gasteiger partial charge in [0.25, 0.3) is 0 Å². The van der Waals surface area contributed by atoms with E-state index < -0.39 is 0 Å². The first-order chi connectivity index (χ1) is 8.16. The van der Waals surface area contributed by atoms with Gasteiger partial charge in [0.1, 0.15) is 11.5 Å². The first-order valence-electron chi connectivity index (χ1n) is 5.64. The predicted octanol–water partition coefficient (Wildman–Crippen LogP) is 0.359. The monoisotopic (exact) mass is 237 g/mol. The van der Waals surface area contributed by atoms with Crippen LogP contribution in [0.4, 0.5) is 5.82 Å². The molecule has 6 nitrogen and oxygen atoms in total. The summed E-state index contributed by atoms with van der Waals surface area (Å²) >= 11 is 0. The number of unbranched alkanes of at least 4 members (excludes halogenated alkanes) is 2. The molecule has 1 aromatic rings. The van der Waals surface area contributed by atoms with Crippen molar-refractivity contribution in [3.8, 4) is 0 Å². The maximum absolute atomic E-state index is 8.68. The van der Waals surface area contributed by atoms with E-state index in [1.807, 2.05) is 11.9 Å². The Morgan fingerprint density at radius 1 is 1.35 bits per heavy atom. The third kappa shape index (κ3) is 3.99. The summed E-state index contributed by atoms with van der Waals surface area (Å²) in [6, 6.07) is 0. The van der Waals surface area contributed by atoms with E-state index in [-0.39, 0.29) is 12.4 Å². The zero-order chi connectivity index (χ0) is 12.7. The fourth-order valence-electron chi connectivity index (χ4n) is 1.54. The van der Waals surface area contributed by atoms with E-state index in [1.54, 1.807) is 6.20 Å². The van der Waals surface area contributed by atoms with Crippen molar-refractivity contribution >= 4 is 11.7 Å². The molecule has 1 rings (SSSR count). The molecular formula is C11H19N5O. The molecule has 0 atom stereocenters. The fraction of sp³-hybridized carbons (Fsp3) is 0.545. The summed E-state index contributed by atoms with van der Waals surface area (Å²) in [5.74, 6) is 0.555. The van der Waals surface area contributed by atoms with Crippen LogP contribution in [-0.2, 0) is 0 Å². The van der Waals surface area contributed by atoms with Crippen molar-refractivity contribution in [3.05, 3.63) is 18.1 Å². The summed E-state index contributed by atoms with van der Waals surface area (Å²) in [6.45, 7) is 1.03. The molecule has 94 valence electrons. The highest BCUT2D eigenvalue weighted by Crippen LogP contribution is 2.13. The molecule has 0 unspecified atom stereocenters. The van der Waals surface area contributed by atoms with Crippen LogP contribution in [0.3, 0.4) is 0 Å². The normalized spacial score (nSPS) is 10.2. The summed E-state index contributed by atoms with van der Waals surface area (Å²) in [6.07, 6.45) is 5.86. The van der Waals surface area contributed by atoms with E-state index in [0.717, 1.165) is 25.8 Å². The Labute approximate surface area is 101 Å². The van der Waals surface area contributed by atoms with Gasteiger partial charge >= 0.3 is 0 Å². The van der Waals surface area contributed by atoms with Gasteiger partial charge in [-0.05, 0) is 19.3 Å². The highest BCUT2D eigenvalue weighted by atomic mass is 16.2. The largest absolute Gasteiger partial charge is 0.396 e. The minimum atomic E-state index is -0.0738. The molecule has 0 spiro atoms. The van der Waals surface area contributed by atoms with Gasteiger partial charge < -0.3 is 15.7 Å². The molecule has 0 aliphatic heterocycles. The maximum atomic E-state index is 8.68. The molecule has 0 aromatic carbocycles. The van der Waals surface area contributed by atoms with Crippen molar-refractivity contribution in [2.45, 2.75) is 19.3 Å². The molecule has 0 aliphatic rings. The molecule has 0 saturated carbocycles. The Hall–Kier alpha value is -1.69. The second kappa shape index (κ2) is 6.80. The van der Waals surface area contributed by atoms with Crippen molar-refractivity contribution in [2.24, 2.45) is 5.73 Å². The Morgan fingerprint density at radius 3 is 2.71 bits per heavy atom. The number of hydrogen-bond acceptors (Lipinski definition) is 5.